The third kappa shape index (κ3) is 22.1. The van der Waals surface area contributed by atoms with E-state index in [1.54, 1.807) is 0 Å². The Morgan fingerprint density at radius 3 is 1.38 bits per heavy atom. The molecular weight excluding hydrogens is 1680 g/mol. The highest BCUT2D eigenvalue weighted by Crippen LogP contribution is 2.45. The molecular formula is C68H132N17O39+. The Bertz CT molecular complexity index is 3330. The number of aliphatic hydroxyl groups excluding tert-OH is 22. The first kappa shape index (κ1) is 104. The molecule has 8 aliphatic heterocycles. The number of aliphatic imine (C=N–C) groups is 1. The summed E-state index contributed by atoms with van der Waals surface area (Å²) in [5.41, 5.74) is 80.0. The third-order valence-corrected chi connectivity index (χ3v) is 24.5. The van der Waals surface area contributed by atoms with Gasteiger partial charge in [-0.3, -0.25) is 16.5 Å². The minimum atomic E-state index is -2.29. The molecule has 8 saturated heterocycles. The van der Waals surface area contributed by atoms with Crippen molar-refractivity contribution in [3.05, 3.63) is 0 Å². The van der Waals surface area contributed by atoms with E-state index in [1.165, 1.54) is 14.0 Å². The second-order valence-electron chi connectivity index (χ2n) is 32.8. The first-order valence-corrected chi connectivity index (χ1v) is 40.4. The Labute approximate surface area is 707 Å². The van der Waals surface area contributed by atoms with Gasteiger partial charge in [0.25, 0.3) is 0 Å². The monoisotopic (exact) mass is 1810 g/mol. The Balaban J connectivity index is 0.000000218. The van der Waals surface area contributed by atoms with E-state index in [0.29, 0.717) is 0 Å². The molecule has 3 saturated carbocycles. The smallest absolute Gasteiger partial charge is 0.339 e. The Morgan fingerprint density at radius 1 is 0.395 bits per heavy atom. The summed E-state index contributed by atoms with van der Waals surface area (Å²) < 4.78 is 86.4. The van der Waals surface area contributed by atoms with Gasteiger partial charge in [0.05, 0.1) is 99.7 Å². The molecule has 8 heterocycles. The first-order chi connectivity index (χ1) is 58.4. The minimum absolute atomic E-state index is 0.0178. The average Bonchev–Trinajstić information content (AvgIpc) is 1.56. The van der Waals surface area contributed by atoms with Gasteiger partial charge in [-0.15, -0.1) is 0 Å². The molecule has 0 amide bonds. The number of nitrogens with zero attached hydrogens (tertiary/aromatic N) is 1. The molecule has 124 heavy (non-hydrogen) atoms. The summed E-state index contributed by atoms with van der Waals surface area (Å²) in [5, 5.41) is 242. The number of aldehydes is 1. The van der Waals surface area contributed by atoms with Crippen LogP contribution in [0.2, 0.25) is 0 Å². The molecule has 722 valence electrons. The van der Waals surface area contributed by atoms with Crippen LogP contribution in [0, 0.1) is 5.92 Å². The Kier molecular flexibility index (Phi) is 37.4. The van der Waals surface area contributed by atoms with Crippen molar-refractivity contribution in [1.82, 2.24) is 5.32 Å². The van der Waals surface area contributed by atoms with Gasteiger partial charge < -0.3 is 267 Å². The van der Waals surface area contributed by atoms with Crippen molar-refractivity contribution in [3.63, 3.8) is 0 Å². The molecule has 3 aliphatic carbocycles. The molecule has 56 heteroatoms. The van der Waals surface area contributed by atoms with E-state index in [1.807, 2.05) is 0 Å². The number of rotatable bonds is 26. The number of carbonyl (C=O) groups excluding carboxylic acids is 1. The number of nitrogens with two attached hydrogens (primary N) is 14. The normalized spacial score (nSPS) is 51.8. The predicted molar refractivity (Wildman–Crippen MR) is 407 cm³/mol. The highest BCUT2D eigenvalue weighted by atomic mass is 16.8. The van der Waals surface area contributed by atoms with Gasteiger partial charge >= 0.3 is 5.96 Å². The molecule has 0 spiro atoms. The van der Waals surface area contributed by atoms with Crippen molar-refractivity contribution < 1.29 is 198 Å². The molecule has 11 fully saturated rings. The molecule has 0 aromatic carbocycles. The van der Waals surface area contributed by atoms with Crippen LogP contribution in [0.1, 0.15) is 26.2 Å². The maximum absolute atomic E-state index is 12.2. The number of aliphatic hydroxyl groups is 23. The molecule has 0 aromatic heterocycles. The number of likely N-dealkylation sites (N-methyl/N-ethyl adjacent to an activating group) is 1. The molecule has 11 aliphatic rings. The zero-order valence-electron chi connectivity index (χ0n) is 67.5. The molecule has 53 unspecified atom stereocenters. The number of nitrogens with one attached hydrogen (secondary N) is 2. The van der Waals surface area contributed by atoms with Crippen molar-refractivity contribution in [3.8, 4) is 0 Å². The molecule has 56 nitrogen and oxygen atoms in total. The van der Waals surface area contributed by atoms with Gasteiger partial charge in [0, 0.05) is 37.3 Å². The molecule has 53 N–H and O–H groups in total. The van der Waals surface area contributed by atoms with E-state index < -0.39 is 362 Å². The number of ether oxygens (including phenoxy) is 15. The summed E-state index contributed by atoms with van der Waals surface area (Å²) in [6.45, 7) is -2.33. The lowest BCUT2D eigenvalue weighted by atomic mass is 9.76. The topological polar surface area (TPSA) is 1020 Å². The van der Waals surface area contributed by atoms with Crippen molar-refractivity contribution in [2.24, 2.45) is 91.2 Å². The summed E-state index contributed by atoms with van der Waals surface area (Å²) in [6.07, 6.45) is -55.9. The molecule has 53 atom stereocenters. The minimum Gasteiger partial charge on any atom is -0.394 e. The van der Waals surface area contributed by atoms with Crippen LogP contribution in [0.4, 0.5) is 0 Å². The molecule has 11 rings (SSSR count). The van der Waals surface area contributed by atoms with Crippen LogP contribution in [-0.4, -0.2) is 506 Å². The van der Waals surface area contributed by atoms with Crippen LogP contribution >= 0.6 is 0 Å². The summed E-state index contributed by atoms with van der Waals surface area (Å²) in [4.78, 5) is 18.6. The van der Waals surface area contributed by atoms with Gasteiger partial charge in [-0.05, 0) is 33.2 Å². The van der Waals surface area contributed by atoms with Crippen LogP contribution in [0.25, 0.3) is 0 Å². The zero-order valence-corrected chi connectivity index (χ0v) is 67.5. The second kappa shape index (κ2) is 44.7. The largest absolute Gasteiger partial charge is 0.394 e. The summed E-state index contributed by atoms with van der Waals surface area (Å²) in [6, 6.07) is -11.8. The van der Waals surface area contributed by atoms with Crippen LogP contribution in [0.5, 0.6) is 0 Å². The van der Waals surface area contributed by atoms with Gasteiger partial charge in [-0.25, -0.2) is 4.99 Å². The standard InChI is InChI=1S/C29H55N5O19.C21H39N7O11.C18H37N5O9/c30-2-8-23(52-28-20(44)19(43)16(40)10(4-36)48-28)18(42)13(34)27(46-8)51-24-11(5-37)49-29(21(24)45)53-25-14(38)6(31)1-7(32)22(25)50-26-12(33)17(41)15(39)9(3-35)47-26;1-5-21(36,4-30)7(16-9(26-2)14(34)11(31)6(3-29)38-16)18(37-5)39-17-10(28-20(24)25)12(32)8(27-19(22)23)13(33)15(17)35;19-3-9-8(25)2-7(22)17(29-9)31-15-5(20)1-6(21)16(14(15)28)32-18-13(27)11(23)12(26)10(4-24)30-18/h6-29,35-45H,1-5,30-34H2;4-18,26,29,31-36H,3H2,1-2H3,(H4,22,23,27)(H4,24,25,28);5-18,24-28H,1-4,19-23H2/p+1. The lowest BCUT2D eigenvalue weighted by Crippen LogP contribution is -2.92. The fourth-order valence-electron chi connectivity index (χ4n) is 17.2. The van der Waals surface area contributed by atoms with Gasteiger partial charge in [-0.2, -0.15) is 0 Å². The number of hydrogen-bond acceptors (Lipinski definition) is 51. The average molecular weight is 1810 g/mol. The first-order valence-electron chi connectivity index (χ1n) is 40.4. The van der Waals surface area contributed by atoms with Crippen LogP contribution in [0.15, 0.2) is 4.99 Å². The summed E-state index contributed by atoms with van der Waals surface area (Å²) in [5.74, 6) is -2.32. The highest BCUT2D eigenvalue weighted by Gasteiger charge is 2.65. The second-order valence-corrected chi connectivity index (χ2v) is 32.8. The van der Waals surface area contributed by atoms with Gasteiger partial charge in [0.1, 0.15) is 183 Å². The van der Waals surface area contributed by atoms with E-state index in [0.717, 1.165) is 0 Å². The summed E-state index contributed by atoms with van der Waals surface area (Å²) in [7, 11) is 1.44. The molecule has 0 aromatic rings. The fourth-order valence-corrected chi connectivity index (χ4v) is 17.2. The lowest BCUT2D eigenvalue weighted by Gasteiger charge is -2.48. The third-order valence-electron chi connectivity index (χ3n) is 24.5. The van der Waals surface area contributed by atoms with E-state index in [9.17, 15) is 122 Å². The van der Waals surface area contributed by atoms with E-state index >= 15 is 0 Å². The number of carbonyl (C=O) groups is 1. The number of guanidine groups is 2. The van der Waals surface area contributed by atoms with Gasteiger partial charge in [-0.1, -0.05) is 0 Å². The Morgan fingerprint density at radius 2 is 0.831 bits per heavy atom. The molecule has 0 bridgehead atoms. The maximum atomic E-state index is 12.2. The zero-order chi connectivity index (χ0) is 92.2. The van der Waals surface area contributed by atoms with Gasteiger partial charge in [0.15, 0.2) is 61.9 Å². The van der Waals surface area contributed by atoms with Crippen molar-refractivity contribution in [1.29, 1.82) is 0 Å². The lowest BCUT2D eigenvalue weighted by molar-refractivity contribution is -0.542. The van der Waals surface area contributed by atoms with Crippen LogP contribution < -0.4 is 90.6 Å². The highest BCUT2D eigenvalue weighted by molar-refractivity contribution is 5.76. The predicted octanol–water partition coefficient (Wildman–Crippen LogP) is -27.1. The summed E-state index contributed by atoms with van der Waals surface area (Å²) >= 11 is 0. The van der Waals surface area contributed by atoms with Crippen LogP contribution in [0.3, 0.4) is 0 Å². The van der Waals surface area contributed by atoms with E-state index in [2.05, 4.69) is 15.3 Å². The number of hydrogen-bond donors (Lipinski definition) is 39. The van der Waals surface area contributed by atoms with Crippen molar-refractivity contribution >= 4 is 18.2 Å². The Hall–Kier alpha value is -3.75. The van der Waals surface area contributed by atoms with Crippen molar-refractivity contribution in [2.75, 3.05) is 53.2 Å². The van der Waals surface area contributed by atoms with E-state index in [-0.39, 0.29) is 44.6 Å². The SMILES string of the molecule is CNC1C(O)C(O)C(CO)OC1C1C(OC2C(O)C(O)C([NH+]=C(N)N)C(O)C2N=C(N)N)OC(C)C1(O)C=O.NCC1OC(OC2C(CO)OC(OC3C(O)C(N)CC(N)C3OC3OC(CO)C(O)C(O)C3N)C2O)C(N)C(O)C1OC1OC(CO)C(O)C(O)C1O.NCC1OC(OC2C(N)CC(N)C(OC3OC(CO)C(O)C(N)C3O)C2O)C(N)CC1O. The quantitative estimate of drug-likeness (QED) is 0.0217. The molecule has 0 radical (unpaired) electrons. The van der Waals surface area contributed by atoms with Gasteiger partial charge in [0.2, 0.25) is 0 Å². The van der Waals surface area contributed by atoms with Crippen LogP contribution in [-0.2, 0) is 75.8 Å². The maximum Gasteiger partial charge on any atom is 0.339 e. The van der Waals surface area contributed by atoms with Crippen molar-refractivity contribution in [2.45, 2.75) is 344 Å². The fraction of sp³-hybridized carbons (Fsp3) is 0.956. The van der Waals surface area contributed by atoms with E-state index in [4.69, 9.17) is 151 Å².